The van der Waals surface area contributed by atoms with Crippen LogP contribution in [0.15, 0.2) is 35.3 Å². The lowest BCUT2D eigenvalue weighted by molar-refractivity contribution is -0.141. The van der Waals surface area contributed by atoms with Crippen LogP contribution in [0.25, 0.3) is 10.9 Å². The number of rotatable bonds is 2. The molecule has 0 aliphatic carbocycles. The minimum absolute atomic E-state index is 0.0122. The van der Waals surface area contributed by atoms with Crippen molar-refractivity contribution in [3.05, 3.63) is 46.2 Å². The lowest BCUT2D eigenvalue weighted by Gasteiger charge is -2.21. The average molecular weight is 286 g/mol. The molecule has 1 aliphatic heterocycles. The molecule has 2 N–H and O–H groups in total. The average Bonchev–Trinajstić information content (AvgIpc) is 2.97. The van der Waals surface area contributed by atoms with E-state index in [1.807, 2.05) is 0 Å². The van der Waals surface area contributed by atoms with Crippen molar-refractivity contribution in [2.45, 2.75) is 18.9 Å². The normalized spacial score (nSPS) is 18.1. The van der Waals surface area contributed by atoms with E-state index in [1.165, 1.54) is 11.1 Å². The molecule has 1 saturated heterocycles. The molecule has 0 saturated carbocycles. The van der Waals surface area contributed by atoms with Crippen LogP contribution in [0.3, 0.4) is 0 Å². The number of carbonyl (C=O) groups excluding carboxylic acids is 1. The number of H-pyrrole nitrogens is 1. The second-order valence-electron chi connectivity index (χ2n) is 5.07. The Balaban J connectivity index is 2.04. The first-order chi connectivity index (χ1) is 10.1. The van der Waals surface area contributed by atoms with Gasteiger partial charge in [-0.1, -0.05) is 12.1 Å². The summed E-state index contributed by atoms with van der Waals surface area (Å²) in [5.74, 6) is -1.55. The molecule has 1 atom stereocenters. The van der Waals surface area contributed by atoms with Gasteiger partial charge in [0.05, 0.1) is 0 Å². The molecular formula is C15H14N2O4. The van der Waals surface area contributed by atoms with Crippen LogP contribution in [0.2, 0.25) is 0 Å². The van der Waals surface area contributed by atoms with Crippen LogP contribution in [0.5, 0.6) is 0 Å². The van der Waals surface area contributed by atoms with E-state index in [1.54, 1.807) is 24.3 Å². The van der Waals surface area contributed by atoms with Gasteiger partial charge in [-0.15, -0.1) is 0 Å². The third-order valence-corrected chi connectivity index (χ3v) is 3.82. The van der Waals surface area contributed by atoms with Gasteiger partial charge in [0.15, 0.2) is 0 Å². The highest BCUT2D eigenvalue weighted by atomic mass is 16.4. The molecule has 0 spiro atoms. The van der Waals surface area contributed by atoms with Crippen molar-refractivity contribution in [3.63, 3.8) is 0 Å². The number of nitrogens with one attached hydrogen (secondary N) is 1. The SMILES string of the molecule is O=C(O)[C@@H]1CCCN1C(=O)c1c[nH]c2ccccc2c1=O. The predicted molar refractivity (Wildman–Crippen MR) is 76.3 cm³/mol. The zero-order valence-corrected chi connectivity index (χ0v) is 11.2. The number of carbonyl (C=O) groups is 2. The van der Waals surface area contributed by atoms with E-state index >= 15 is 0 Å². The second kappa shape index (κ2) is 5.05. The van der Waals surface area contributed by atoms with Crippen molar-refractivity contribution >= 4 is 22.8 Å². The molecular weight excluding hydrogens is 272 g/mol. The molecule has 6 heteroatoms. The summed E-state index contributed by atoms with van der Waals surface area (Å²) in [5.41, 5.74) is 0.266. The number of aromatic nitrogens is 1. The number of likely N-dealkylation sites (tertiary alicyclic amines) is 1. The zero-order valence-electron chi connectivity index (χ0n) is 11.2. The van der Waals surface area contributed by atoms with Crippen LogP contribution in [0.1, 0.15) is 23.2 Å². The fourth-order valence-electron chi connectivity index (χ4n) is 2.75. The Bertz CT molecular complexity index is 781. The number of amides is 1. The van der Waals surface area contributed by atoms with E-state index < -0.39 is 17.9 Å². The van der Waals surface area contributed by atoms with Crippen LogP contribution in [0, 0.1) is 0 Å². The molecule has 1 aromatic carbocycles. The van der Waals surface area contributed by atoms with E-state index in [9.17, 15) is 14.4 Å². The number of aliphatic carboxylic acids is 1. The van der Waals surface area contributed by atoms with E-state index in [-0.39, 0.29) is 11.0 Å². The van der Waals surface area contributed by atoms with Crippen molar-refractivity contribution < 1.29 is 14.7 Å². The van der Waals surface area contributed by atoms with E-state index in [0.29, 0.717) is 30.3 Å². The molecule has 1 aliphatic rings. The Labute approximate surface area is 120 Å². The number of hydrogen-bond donors (Lipinski definition) is 2. The van der Waals surface area contributed by atoms with Crippen molar-refractivity contribution in [1.29, 1.82) is 0 Å². The van der Waals surface area contributed by atoms with Gasteiger partial charge in [-0.25, -0.2) is 4.79 Å². The maximum absolute atomic E-state index is 12.5. The number of para-hydroxylation sites is 1. The van der Waals surface area contributed by atoms with E-state index in [2.05, 4.69) is 4.98 Å². The summed E-state index contributed by atoms with van der Waals surface area (Å²) in [6.45, 7) is 0.363. The molecule has 21 heavy (non-hydrogen) atoms. The van der Waals surface area contributed by atoms with Gasteiger partial charge >= 0.3 is 5.97 Å². The highest BCUT2D eigenvalue weighted by molar-refractivity contribution is 5.99. The zero-order chi connectivity index (χ0) is 15.0. The molecule has 1 aromatic heterocycles. The van der Waals surface area contributed by atoms with Crippen molar-refractivity contribution in [3.8, 4) is 0 Å². The van der Waals surface area contributed by atoms with E-state index in [4.69, 9.17) is 5.11 Å². The molecule has 0 unspecified atom stereocenters. The smallest absolute Gasteiger partial charge is 0.326 e. The first kappa shape index (κ1) is 13.4. The summed E-state index contributed by atoms with van der Waals surface area (Å²) < 4.78 is 0. The maximum atomic E-state index is 12.5. The van der Waals surface area contributed by atoms with Gasteiger partial charge in [-0.3, -0.25) is 9.59 Å². The fraction of sp³-hybridized carbons (Fsp3) is 0.267. The highest BCUT2D eigenvalue weighted by Gasteiger charge is 2.35. The Morgan fingerprint density at radius 3 is 2.81 bits per heavy atom. The monoisotopic (exact) mass is 286 g/mol. The summed E-state index contributed by atoms with van der Waals surface area (Å²) >= 11 is 0. The number of carboxylic acid groups (broad SMARTS) is 1. The topological polar surface area (TPSA) is 90.5 Å². The van der Waals surface area contributed by atoms with Crippen LogP contribution in [0.4, 0.5) is 0 Å². The standard InChI is InChI=1S/C15H14N2O4/c18-13-9-4-1-2-5-11(9)16-8-10(13)14(19)17-7-3-6-12(17)15(20)21/h1-2,4-5,8,12H,3,6-7H2,(H,16,18)(H,20,21)/t12-/m0/s1. The number of hydrogen-bond acceptors (Lipinski definition) is 3. The number of nitrogens with zero attached hydrogens (tertiary/aromatic N) is 1. The minimum Gasteiger partial charge on any atom is -0.480 e. The number of benzene rings is 1. The van der Waals surface area contributed by atoms with Crippen LogP contribution < -0.4 is 5.43 Å². The largest absolute Gasteiger partial charge is 0.480 e. The molecule has 1 fully saturated rings. The Morgan fingerprint density at radius 1 is 1.29 bits per heavy atom. The van der Waals surface area contributed by atoms with Crippen LogP contribution >= 0.6 is 0 Å². The van der Waals surface area contributed by atoms with Gasteiger partial charge in [0.25, 0.3) is 5.91 Å². The van der Waals surface area contributed by atoms with Gasteiger partial charge < -0.3 is 15.0 Å². The summed E-state index contributed by atoms with van der Waals surface area (Å²) in [6, 6.07) is 6.07. The fourth-order valence-corrected chi connectivity index (χ4v) is 2.75. The first-order valence-electron chi connectivity index (χ1n) is 6.74. The van der Waals surface area contributed by atoms with Crippen LogP contribution in [-0.4, -0.2) is 39.5 Å². The molecule has 2 heterocycles. The van der Waals surface area contributed by atoms with Gasteiger partial charge in [0.1, 0.15) is 11.6 Å². The quantitative estimate of drug-likeness (QED) is 0.868. The lowest BCUT2D eigenvalue weighted by atomic mass is 10.1. The third kappa shape index (κ3) is 2.18. The van der Waals surface area contributed by atoms with Gasteiger partial charge in [0.2, 0.25) is 5.43 Å². The van der Waals surface area contributed by atoms with Crippen molar-refractivity contribution in [2.75, 3.05) is 6.54 Å². The lowest BCUT2D eigenvalue weighted by Crippen LogP contribution is -2.42. The first-order valence-corrected chi connectivity index (χ1v) is 6.74. The number of carboxylic acids is 1. The second-order valence-corrected chi connectivity index (χ2v) is 5.07. The predicted octanol–water partition coefficient (Wildman–Crippen LogP) is 1.22. The number of fused-ring (bicyclic) bond motifs is 1. The Hall–Kier alpha value is -2.63. The Morgan fingerprint density at radius 2 is 2.05 bits per heavy atom. The highest BCUT2D eigenvalue weighted by Crippen LogP contribution is 2.20. The minimum atomic E-state index is -1.03. The molecule has 108 valence electrons. The third-order valence-electron chi connectivity index (χ3n) is 3.82. The van der Waals surface area contributed by atoms with Gasteiger partial charge in [0, 0.05) is 23.6 Å². The van der Waals surface area contributed by atoms with Crippen molar-refractivity contribution in [1.82, 2.24) is 9.88 Å². The van der Waals surface area contributed by atoms with E-state index in [0.717, 1.165) is 0 Å². The Kier molecular flexibility index (Phi) is 3.21. The maximum Gasteiger partial charge on any atom is 0.326 e. The van der Waals surface area contributed by atoms with Crippen molar-refractivity contribution in [2.24, 2.45) is 0 Å². The number of aromatic amines is 1. The summed E-state index contributed by atoms with van der Waals surface area (Å²) in [4.78, 5) is 40.2. The molecule has 0 radical (unpaired) electrons. The number of pyridine rings is 1. The molecule has 0 bridgehead atoms. The van der Waals surface area contributed by atoms with Crippen LogP contribution in [-0.2, 0) is 4.79 Å². The molecule has 3 rings (SSSR count). The molecule has 1 amide bonds. The summed E-state index contributed by atoms with van der Waals surface area (Å²) in [6.07, 6.45) is 2.42. The summed E-state index contributed by atoms with van der Waals surface area (Å²) in [5, 5.41) is 9.57. The van der Waals surface area contributed by atoms with Gasteiger partial charge in [-0.2, -0.15) is 0 Å². The summed E-state index contributed by atoms with van der Waals surface area (Å²) in [7, 11) is 0. The molecule has 6 nitrogen and oxygen atoms in total. The van der Waals surface area contributed by atoms with Gasteiger partial charge in [-0.05, 0) is 25.0 Å². The molecule has 2 aromatic rings.